The maximum Gasteiger partial charge on any atom is 0.157 e. The quantitative estimate of drug-likeness (QED) is 0.622. The number of aromatic nitrogens is 2. The van der Waals surface area contributed by atoms with Crippen molar-refractivity contribution in [2.45, 2.75) is 111 Å². The van der Waals surface area contributed by atoms with Gasteiger partial charge < -0.3 is 9.84 Å². The summed E-state index contributed by atoms with van der Waals surface area (Å²) in [5, 5.41) is 15.1. The number of nitrogens with zero attached hydrogens (tertiary/aromatic N) is 2. The van der Waals surface area contributed by atoms with E-state index in [2.05, 4.69) is 18.9 Å². The van der Waals surface area contributed by atoms with Gasteiger partial charge in [0.05, 0.1) is 30.6 Å². The molecule has 5 nitrogen and oxygen atoms in total. The van der Waals surface area contributed by atoms with Crippen LogP contribution in [0.3, 0.4) is 0 Å². The minimum Gasteiger partial charge on any atom is -0.488 e. The second-order valence-corrected chi connectivity index (χ2v) is 13.0. The van der Waals surface area contributed by atoms with Crippen LogP contribution in [0.25, 0.3) is 0 Å². The Bertz CT molecular complexity index is 891. The van der Waals surface area contributed by atoms with E-state index in [0.717, 1.165) is 43.3 Å². The van der Waals surface area contributed by atoms with E-state index in [9.17, 15) is 9.90 Å². The Hall–Kier alpha value is -1.36. The molecule has 5 rings (SSSR count). The van der Waals surface area contributed by atoms with Crippen molar-refractivity contribution in [3.63, 3.8) is 0 Å². The standard InChI is InChI=1S/C28H44N2O3/c1-18(2)33-20-15-29-30(16-20)17-25(31)24-9-8-22-21-7-6-19-14-26(3,32)12-13-27(19,4)23(21)10-11-28(22,24)5/h15-16,18-19,21-24,32H,6-14,17H2,1-5H3/t19-,21+,22+,23+,24?,26-,27+,28+/m1/s1. The summed E-state index contributed by atoms with van der Waals surface area (Å²) in [5.74, 6) is 4.09. The van der Waals surface area contributed by atoms with E-state index >= 15 is 0 Å². The van der Waals surface area contributed by atoms with Crippen LogP contribution in [0.5, 0.6) is 5.75 Å². The van der Waals surface area contributed by atoms with Crippen molar-refractivity contribution in [2.75, 3.05) is 0 Å². The fraction of sp³-hybridized carbons (Fsp3) is 0.857. The zero-order chi connectivity index (χ0) is 23.6. The predicted octanol–water partition coefficient (Wildman–Crippen LogP) is 5.65. The SMILES string of the molecule is CC(C)Oc1cnn(CC(=O)C2CC[C@H]3[C@@H]4CC[C@@H]5C[C@](C)(O)CC[C@]5(C)[C@H]4CC[C@]23C)c1. The molecule has 0 bridgehead atoms. The van der Waals surface area contributed by atoms with Gasteiger partial charge in [-0.15, -0.1) is 0 Å². The van der Waals surface area contributed by atoms with Gasteiger partial charge >= 0.3 is 0 Å². The third-order valence-electron chi connectivity index (χ3n) is 10.6. The van der Waals surface area contributed by atoms with E-state index in [1.165, 1.54) is 32.1 Å². The van der Waals surface area contributed by atoms with Crippen molar-refractivity contribution < 1.29 is 14.6 Å². The minimum absolute atomic E-state index is 0.107. The first-order valence-electron chi connectivity index (χ1n) is 13.5. The topological polar surface area (TPSA) is 64.4 Å². The Balaban J connectivity index is 1.29. The van der Waals surface area contributed by atoms with Crippen LogP contribution in [-0.2, 0) is 11.3 Å². The van der Waals surface area contributed by atoms with Crippen LogP contribution >= 0.6 is 0 Å². The molecule has 0 aliphatic heterocycles. The number of carbonyl (C=O) groups is 1. The smallest absolute Gasteiger partial charge is 0.157 e. The number of ether oxygens (including phenoxy) is 1. The normalized spacial score (nSPS) is 44.8. The van der Waals surface area contributed by atoms with E-state index < -0.39 is 5.60 Å². The summed E-state index contributed by atoms with van der Waals surface area (Å²) < 4.78 is 7.49. The van der Waals surface area contributed by atoms with Crippen molar-refractivity contribution in [1.29, 1.82) is 0 Å². The summed E-state index contributed by atoms with van der Waals surface area (Å²) in [5.41, 5.74) is 0.0279. The molecule has 5 heteroatoms. The molecule has 4 fully saturated rings. The van der Waals surface area contributed by atoms with Crippen LogP contribution in [-0.4, -0.2) is 32.4 Å². The number of ketones is 1. The van der Waals surface area contributed by atoms with Crippen LogP contribution in [0, 0.1) is 40.4 Å². The fourth-order valence-corrected chi connectivity index (χ4v) is 8.99. The summed E-state index contributed by atoms with van der Waals surface area (Å²) in [6, 6.07) is 0. The molecule has 184 valence electrons. The van der Waals surface area contributed by atoms with Gasteiger partial charge in [-0.3, -0.25) is 9.48 Å². The van der Waals surface area contributed by atoms with Crippen LogP contribution in [0.4, 0.5) is 0 Å². The number of hydrogen-bond acceptors (Lipinski definition) is 4. The lowest BCUT2D eigenvalue weighted by Crippen LogP contribution is -2.55. The van der Waals surface area contributed by atoms with Gasteiger partial charge in [-0.05, 0) is 113 Å². The van der Waals surface area contributed by atoms with Gasteiger partial charge in [-0.25, -0.2) is 0 Å². The van der Waals surface area contributed by atoms with Gasteiger partial charge in [0.2, 0.25) is 0 Å². The lowest BCUT2D eigenvalue weighted by molar-refractivity contribution is -0.151. The molecule has 1 heterocycles. The predicted molar refractivity (Wildman–Crippen MR) is 129 cm³/mol. The van der Waals surface area contributed by atoms with Crippen molar-refractivity contribution in [3.8, 4) is 5.75 Å². The van der Waals surface area contributed by atoms with Gasteiger partial charge in [-0.1, -0.05) is 13.8 Å². The molecular weight excluding hydrogens is 412 g/mol. The number of hydrogen-bond donors (Lipinski definition) is 1. The highest BCUT2D eigenvalue weighted by Crippen LogP contribution is 2.68. The Morgan fingerprint density at radius 1 is 1.09 bits per heavy atom. The molecule has 0 radical (unpaired) electrons. The number of fused-ring (bicyclic) bond motifs is 5. The molecule has 0 saturated heterocycles. The highest BCUT2D eigenvalue weighted by atomic mass is 16.5. The Labute approximate surface area is 199 Å². The zero-order valence-corrected chi connectivity index (χ0v) is 21.3. The summed E-state index contributed by atoms with van der Waals surface area (Å²) in [6.07, 6.45) is 14.0. The number of carbonyl (C=O) groups excluding carboxylic acids is 1. The third kappa shape index (κ3) is 3.96. The first-order valence-corrected chi connectivity index (χ1v) is 13.5. The van der Waals surface area contributed by atoms with Crippen LogP contribution < -0.4 is 4.74 Å². The van der Waals surface area contributed by atoms with Gasteiger partial charge in [0.15, 0.2) is 11.5 Å². The van der Waals surface area contributed by atoms with Crippen molar-refractivity contribution >= 4 is 5.78 Å². The molecule has 8 atom stereocenters. The third-order valence-corrected chi connectivity index (χ3v) is 10.6. The Morgan fingerprint density at radius 3 is 2.61 bits per heavy atom. The molecular formula is C28H44N2O3. The fourth-order valence-electron chi connectivity index (χ4n) is 8.99. The summed E-state index contributed by atoms with van der Waals surface area (Å²) >= 11 is 0. The summed E-state index contributed by atoms with van der Waals surface area (Å²) in [6.45, 7) is 11.4. The Kier molecular flexibility index (Phi) is 5.74. The van der Waals surface area contributed by atoms with E-state index in [1.54, 1.807) is 10.9 Å². The number of aliphatic hydroxyl groups is 1. The first kappa shape index (κ1) is 23.4. The molecule has 1 aromatic rings. The van der Waals surface area contributed by atoms with Gasteiger partial charge in [0, 0.05) is 5.92 Å². The van der Waals surface area contributed by atoms with Crippen molar-refractivity contribution in [3.05, 3.63) is 12.4 Å². The maximum atomic E-state index is 13.5. The van der Waals surface area contributed by atoms with Gasteiger partial charge in [0.1, 0.15) is 0 Å². The average molecular weight is 457 g/mol. The lowest BCUT2D eigenvalue weighted by Gasteiger charge is -2.61. The lowest BCUT2D eigenvalue weighted by atomic mass is 9.44. The number of rotatable bonds is 5. The first-order chi connectivity index (χ1) is 15.5. The molecule has 0 aromatic carbocycles. The zero-order valence-electron chi connectivity index (χ0n) is 21.3. The largest absolute Gasteiger partial charge is 0.488 e. The van der Waals surface area contributed by atoms with E-state index in [1.807, 2.05) is 27.0 Å². The highest BCUT2D eigenvalue weighted by molar-refractivity contribution is 5.82. The molecule has 1 aromatic heterocycles. The van der Waals surface area contributed by atoms with Crippen LogP contribution in [0.1, 0.15) is 92.4 Å². The second kappa shape index (κ2) is 8.10. The van der Waals surface area contributed by atoms with E-state index in [0.29, 0.717) is 29.6 Å². The average Bonchev–Trinajstić information content (AvgIpc) is 3.31. The summed E-state index contributed by atoms with van der Waals surface area (Å²) in [7, 11) is 0. The molecule has 0 spiro atoms. The highest BCUT2D eigenvalue weighted by Gasteiger charge is 2.61. The molecule has 4 aliphatic rings. The summed E-state index contributed by atoms with van der Waals surface area (Å²) in [4.78, 5) is 13.5. The van der Waals surface area contributed by atoms with Crippen molar-refractivity contribution in [2.24, 2.45) is 40.4 Å². The van der Waals surface area contributed by atoms with E-state index in [4.69, 9.17) is 4.74 Å². The molecule has 0 amide bonds. The molecule has 4 aliphatic carbocycles. The van der Waals surface area contributed by atoms with E-state index in [-0.39, 0.29) is 17.4 Å². The molecule has 1 N–H and O–H groups in total. The minimum atomic E-state index is -0.475. The maximum absolute atomic E-state index is 13.5. The molecule has 33 heavy (non-hydrogen) atoms. The van der Waals surface area contributed by atoms with Crippen LogP contribution in [0.15, 0.2) is 12.4 Å². The van der Waals surface area contributed by atoms with Gasteiger partial charge in [-0.2, -0.15) is 5.10 Å². The molecule has 4 saturated carbocycles. The van der Waals surface area contributed by atoms with Gasteiger partial charge in [0.25, 0.3) is 0 Å². The number of Topliss-reactive ketones (excluding diaryl/α,β-unsaturated/α-hetero) is 1. The molecule has 1 unspecified atom stereocenters. The van der Waals surface area contributed by atoms with Crippen molar-refractivity contribution in [1.82, 2.24) is 9.78 Å². The second-order valence-electron chi connectivity index (χ2n) is 13.0. The van der Waals surface area contributed by atoms with Crippen LogP contribution in [0.2, 0.25) is 0 Å². The monoisotopic (exact) mass is 456 g/mol. The Morgan fingerprint density at radius 2 is 1.85 bits per heavy atom.